The van der Waals surface area contributed by atoms with E-state index < -0.39 is 0 Å². The summed E-state index contributed by atoms with van der Waals surface area (Å²) in [4.78, 5) is 18.9. The van der Waals surface area contributed by atoms with E-state index in [0.29, 0.717) is 5.75 Å². The third-order valence-corrected chi connectivity index (χ3v) is 2.81. The van der Waals surface area contributed by atoms with Crippen LogP contribution in [0.25, 0.3) is 0 Å². The van der Waals surface area contributed by atoms with Crippen molar-refractivity contribution in [2.75, 3.05) is 7.11 Å². The first-order valence-corrected chi connectivity index (χ1v) is 5.23. The molecule has 4 nitrogen and oxygen atoms in total. The van der Waals surface area contributed by atoms with Crippen LogP contribution in [0.15, 0.2) is 18.6 Å². The molecule has 0 N–H and O–H groups in total. The van der Waals surface area contributed by atoms with Crippen molar-refractivity contribution in [2.45, 2.75) is 17.9 Å². The number of nitrogens with zero attached hydrogens (tertiary/aromatic N) is 2. The molecule has 0 aliphatic carbocycles. The molecule has 5 heteroatoms. The number of methoxy groups -OCH3 is 1. The standard InChI is InChI=1S/C9H12N2O2S/c1-7(9(12)13-2)14-5-8-3-4-10-6-11-8/h3-4,6-7H,5H2,1-2H3. The Labute approximate surface area is 87.1 Å². The summed E-state index contributed by atoms with van der Waals surface area (Å²) >= 11 is 1.50. The maximum Gasteiger partial charge on any atom is 0.318 e. The van der Waals surface area contributed by atoms with E-state index in [1.807, 2.05) is 13.0 Å². The molecule has 0 aliphatic rings. The Morgan fingerprint density at radius 3 is 3.07 bits per heavy atom. The van der Waals surface area contributed by atoms with Gasteiger partial charge in [-0.15, -0.1) is 11.8 Å². The molecule has 0 aromatic carbocycles. The van der Waals surface area contributed by atoms with Crippen LogP contribution in [0.2, 0.25) is 0 Å². The van der Waals surface area contributed by atoms with Crippen molar-refractivity contribution in [2.24, 2.45) is 0 Å². The summed E-state index contributed by atoms with van der Waals surface area (Å²) in [5, 5.41) is -0.157. The summed E-state index contributed by atoms with van der Waals surface area (Å²) in [5.74, 6) is 0.489. The number of hydrogen-bond donors (Lipinski definition) is 0. The van der Waals surface area contributed by atoms with Crippen LogP contribution in [-0.2, 0) is 15.3 Å². The van der Waals surface area contributed by atoms with E-state index in [1.54, 1.807) is 6.20 Å². The first-order valence-electron chi connectivity index (χ1n) is 4.18. The first kappa shape index (κ1) is 11.0. The van der Waals surface area contributed by atoms with Crippen LogP contribution in [0.4, 0.5) is 0 Å². The number of esters is 1. The van der Waals surface area contributed by atoms with E-state index >= 15 is 0 Å². The lowest BCUT2D eigenvalue weighted by Gasteiger charge is -2.07. The van der Waals surface area contributed by atoms with Crippen LogP contribution in [0, 0.1) is 0 Å². The Morgan fingerprint density at radius 1 is 1.71 bits per heavy atom. The van der Waals surface area contributed by atoms with Crippen LogP contribution < -0.4 is 0 Å². The van der Waals surface area contributed by atoms with Gasteiger partial charge in [0.05, 0.1) is 18.1 Å². The molecule has 1 heterocycles. The molecule has 0 spiro atoms. The van der Waals surface area contributed by atoms with Gasteiger partial charge in [0.15, 0.2) is 0 Å². The Bertz CT molecular complexity index is 292. The fourth-order valence-corrected chi connectivity index (χ4v) is 1.67. The molecule has 76 valence electrons. The van der Waals surface area contributed by atoms with Crippen molar-refractivity contribution in [1.82, 2.24) is 9.97 Å². The van der Waals surface area contributed by atoms with Gasteiger partial charge in [0.2, 0.25) is 0 Å². The van der Waals surface area contributed by atoms with Gasteiger partial charge in [-0.3, -0.25) is 4.79 Å². The van der Waals surface area contributed by atoms with E-state index in [-0.39, 0.29) is 11.2 Å². The Balaban J connectivity index is 2.38. The Kier molecular flexibility index (Phi) is 4.39. The molecule has 1 rings (SSSR count). The topological polar surface area (TPSA) is 52.1 Å². The quantitative estimate of drug-likeness (QED) is 0.703. The monoisotopic (exact) mass is 212 g/mol. The molecule has 14 heavy (non-hydrogen) atoms. The lowest BCUT2D eigenvalue weighted by atomic mass is 10.5. The molecule has 1 atom stereocenters. The van der Waals surface area contributed by atoms with Crippen molar-refractivity contribution < 1.29 is 9.53 Å². The van der Waals surface area contributed by atoms with Crippen molar-refractivity contribution in [3.05, 3.63) is 24.3 Å². The third kappa shape index (κ3) is 3.33. The lowest BCUT2D eigenvalue weighted by molar-refractivity contribution is -0.139. The zero-order valence-corrected chi connectivity index (χ0v) is 8.95. The van der Waals surface area contributed by atoms with Gasteiger partial charge in [-0.25, -0.2) is 9.97 Å². The smallest absolute Gasteiger partial charge is 0.318 e. The van der Waals surface area contributed by atoms with Gasteiger partial charge in [0.1, 0.15) is 6.33 Å². The van der Waals surface area contributed by atoms with Crippen molar-refractivity contribution in [3.63, 3.8) is 0 Å². The summed E-state index contributed by atoms with van der Waals surface area (Å²) in [6.45, 7) is 1.82. The van der Waals surface area contributed by atoms with Crippen LogP contribution in [0.3, 0.4) is 0 Å². The predicted octanol–water partition coefficient (Wildman–Crippen LogP) is 1.27. The summed E-state index contributed by atoms with van der Waals surface area (Å²) < 4.78 is 4.61. The van der Waals surface area contributed by atoms with Crippen LogP contribution in [0.1, 0.15) is 12.6 Å². The predicted molar refractivity (Wildman–Crippen MR) is 54.8 cm³/mol. The van der Waals surface area contributed by atoms with E-state index in [1.165, 1.54) is 25.2 Å². The van der Waals surface area contributed by atoms with Gasteiger partial charge in [-0.1, -0.05) is 0 Å². The summed E-state index contributed by atoms with van der Waals surface area (Å²) in [6, 6.07) is 1.83. The molecule has 0 bridgehead atoms. The minimum absolute atomic E-state index is 0.157. The van der Waals surface area contributed by atoms with E-state index in [9.17, 15) is 4.79 Å². The van der Waals surface area contributed by atoms with Crippen LogP contribution in [0.5, 0.6) is 0 Å². The van der Waals surface area contributed by atoms with Crippen LogP contribution in [-0.4, -0.2) is 28.3 Å². The second-order valence-corrected chi connectivity index (χ2v) is 4.01. The average molecular weight is 212 g/mol. The number of carbonyl (C=O) groups excluding carboxylic acids is 1. The lowest BCUT2D eigenvalue weighted by Crippen LogP contribution is -2.14. The third-order valence-electron chi connectivity index (χ3n) is 1.66. The Morgan fingerprint density at radius 2 is 2.50 bits per heavy atom. The molecular formula is C9H12N2O2S. The number of ether oxygens (including phenoxy) is 1. The van der Waals surface area contributed by atoms with Gasteiger partial charge >= 0.3 is 5.97 Å². The van der Waals surface area contributed by atoms with E-state index in [0.717, 1.165) is 5.69 Å². The Hall–Kier alpha value is -1.10. The maximum atomic E-state index is 11.1. The highest BCUT2D eigenvalue weighted by atomic mass is 32.2. The highest BCUT2D eigenvalue weighted by molar-refractivity contribution is 7.99. The minimum Gasteiger partial charge on any atom is -0.468 e. The van der Waals surface area contributed by atoms with E-state index in [4.69, 9.17) is 0 Å². The molecule has 0 fully saturated rings. The first-order chi connectivity index (χ1) is 6.74. The van der Waals surface area contributed by atoms with Crippen LogP contribution >= 0.6 is 11.8 Å². The molecule has 1 unspecified atom stereocenters. The van der Waals surface area contributed by atoms with Gasteiger partial charge in [-0.2, -0.15) is 0 Å². The van der Waals surface area contributed by atoms with Gasteiger partial charge in [0.25, 0.3) is 0 Å². The average Bonchev–Trinajstić information content (AvgIpc) is 2.26. The van der Waals surface area contributed by atoms with Crippen molar-refractivity contribution in [1.29, 1.82) is 0 Å². The fourth-order valence-electron chi connectivity index (χ4n) is 0.848. The minimum atomic E-state index is -0.205. The molecule has 1 aromatic heterocycles. The number of thioether (sulfide) groups is 1. The molecule has 0 aliphatic heterocycles. The van der Waals surface area contributed by atoms with Gasteiger partial charge in [0, 0.05) is 11.9 Å². The molecule has 0 saturated heterocycles. The van der Waals surface area contributed by atoms with E-state index in [2.05, 4.69) is 14.7 Å². The summed E-state index contributed by atoms with van der Waals surface area (Å²) in [5.41, 5.74) is 0.917. The molecule has 0 saturated carbocycles. The number of hydrogen-bond acceptors (Lipinski definition) is 5. The summed E-state index contributed by atoms with van der Waals surface area (Å²) in [7, 11) is 1.39. The fraction of sp³-hybridized carbons (Fsp3) is 0.444. The molecule has 1 aromatic rings. The second-order valence-electron chi connectivity index (χ2n) is 2.68. The zero-order valence-electron chi connectivity index (χ0n) is 8.14. The van der Waals surface area contributed by atoms with Crippen molar-refractivity contribution in [3.8, 4) is 0 Å². The largest absolute Gasteiger partial charge is 0.468 e. The molecule has 0 radical (unpaired) electrons. The van der Waals surface area contributed by atoms with Gasteiger partial charge < -0.3 is 4.74 Å². The molecule has 0 amide bonds. The SMILES string of the molecule is COC(=O)C(C)SCc1ccncn1. The van der Waals surface area contributed by atoms with Gasteiger partial charge in [-0.05, 0) is 13.0 Å². The number of aromatic nitrogens is 2. The highest BCUT2D eigenvalue weighted by Gasteiger charge is 2.13. The number of carbonyl (C=O) groups is 1. The number of rotatable bonds is 4. The molecular weight excluding hydrogens is 200 g/mol. The second kappa shape index (κ2) is 5.59. The maximum absolute atomic E-state index is 11.1. The summed E-state index contributed by atoms with van der Waals surface area (Å²) in [6.07, 6.45) is 3.18. The van der Waals surface area contributed by atoms with Crippen molar-refractivity contribution >= 4 is 17.7 Å². The normalized spacial score (nSPS) is 12.1. The zero-order chi connectivity index (χ0) is 10.4. The highest BCUT2D eigenvalue weighted by Crippen LogP contribution is 2.16.